The molecule has 2 aromatic heterocycles. The fourth-order valence-corrected chi connectivity index (χ4v) is 3.27. The van der Waals surface area contributed by atoms with Crippen LogP contribution in [0, 0.1) is 5.92 Å². The van der Waals surface area contributed by atoms with Crippen LogP contribution in [0.3, 0.4) is 0 Å². The monoisotopic (exact) mass is 348 g/mol. The van der Waals surface area contributed by atoms with Crippen LogP contribution in [0.1, 0.15) is 26.7 Å². The molecule has 3 heterocycles. The van der Waals surface area contributed by atoms with Crippen molar-refractivity contribution in [3.8, 4) is 0 Å². The van der Waals surface area contributed by atoms with Crippen LogP contribution >= 0.6 is 15.9 Å². The second-order valence-corrected chi connectivity index (χ2v) is 6.73. The number of nitrogens with one attached hydrogen (secondary N) is 2. The molecular weight excluding hydrogens is 328 g/mol. The zero-order valence-electron chi connectivity index (χ0n) is 12.5. The van der Waals surface area contributed by atoms with Crippen molar-refractivity contribution in [2.75, 3.05) is 23.3 Å². The van der Waals surface area contributed by atoms with Crippen molar-refractivity contribution >= 4 is 38.3 Å². The van der Waals surface area contributed by atoms with Crippen LogP contribution in [-0.2, 0) is 0 Å². The topological polar surface area (TPSA) is 44.0 Å². The summed E-state index contributed by atoms with van der Waals surface area (Å²) in [7, 11) is 0. The molecule has 21 heavy (non-hydrogen) atoms. The third-order valence-corrected chi connectivity index (χ3v) is 4.62. The van der Waals surface area contributed by atoms with Crippen LogP contribution in [0.15, 0.2) is 29.1 Å². The predicted molar refractivity (Wildman–Crippen MR) is 92.8 cm³/mol. The molecule has 2 N–H and O–H groups in total. The van der Waals surface area contributed by atoms with Gasteiger partial charge in [0.15, 0.2) is 0 Å². The van der Waals surface area contributed by atoms with Crippen LogP contribution in [0.5, 0.6) is 0 Å². The largest absolute Gasteiger partial charge is 0.370 e. The van der Waals surface area contributed by atoms with Gasteiger partial charge in [-0.1, -0.05) is 20.4 Å². The first-order valence-electron chi connectivity index (χ1n) is 7.44. The van der Waals surface area contributed by atoms with E-state index in [1.807, 2.05) is 12.4 Å². The molecule has 0 radical (unpaired) electrons. The van der Waals surface area contributed by atoms with Crippen LogP contribution in [-0.4, -0.2) is 23.1 Å². The maximum absolute atomic E-state index is 4.49. The molecule has 2 aromatic rings. The number of aromatic amines is 1. The Hall–Kier alpha value is -1.49. The van der Waals surface area contributed by atoms with E-state index in [9.17, 15) is 0 Å². The molecule has 0 aliphatic carbocycles. The van der Waals surface area contributed by atoms with Gasteiger partial charge in [0.05, 0.1) is 21.2 Å². The smallest absolute Gasteiger partial charge is 0.141 e. The molecular formula is C16H21BrN4. The van der Waals surface area contributed by atoms with Gasteiger partial charge in [-0.15, -0.1) is 0 Å². The summed E-state index contributed by atoms with van der Waals surface area (Å²) in [6.07, 6.45) is 6.37. The second-order valence-electron chi connectivity index (χ2n) is 5.88. The van der Waals surface area contributed by atoms with E-state index in [0.29, 0.717) is 5.92 Å². The highest BCUT2D eigenvalue weighted by molar-refractivity contribution is 9.10. The summed E-state index contributed by atoms with van der Waals surface area (Å²) in [5.41, 5.74) is 4.22. The molecule has 0 atom stereocenters. The highest BCUT2D eigenvalue weighted by atomic mass is 79.9. The van der Waals surface area contributed by atoms with Crippen molar-refractivity contribution in [1.29, 1.82) is 0 Å². The minimum Gasteiger partial charge on any atom is -0.370 e. The number of anilines is 2. The van der Waals surface area contributed by atoms with E-state index in [1.54, 1.807) is 0 Å². The third kappa shape index (κ3) is 2.67. The summed E-state index contributed by atoms with van der Waals surface area (Å²) in [5.74, 6) is 0.394. The Morgan fingerprint density at radius 1 is 1.43 bits per heavy atom. The number of rotatable bonds is 4. The molecule has 0 saturated carbocycles. The molecule has 112 valence electrons. The van der Waals surface area contributed by atoms with Gasteiger partial charge in [-0.2, -0.15) is 0 Å². The standard InChI is InChI=1S/C16H21BrN4/c1-10(2)11(3)20-13-9-19-16-14(13)15(12(17)8-18-16)21-6-4-5-7-21/h8-10,20H,3-7H2,1-2H3,(H,18,19). The summed E-state index contributed by atoms with van der Waals surface area (Å²) >= 11 is 3.67. The Bertz CT molecular complexity index is 668. The van der Waals surface area contributed by atoms with Gasteiger partial charge in [0, 0.05) is 31.2 Å². The number of hydrogen-bond acceptors (Lipinski definition) is 3. The lowest BCUT2D eigenvalue weighted by Gasteiger charge is -2.21. The molecule has 0 unspecified atom stereocenters. The number of H-pyrrole nitrogens is 1. The molecule has 1 aliphatic heterocycles. The number of pyridine rings is 1. The normalized spacial score (nSPS) is 15.1. The Morgan fingerprint density at radius 2 is 2.14 bits per heavy atom. The van der Waals surface area contributed by atoms with Crippen molar-refractivity contribution in [3.05, 3.63) is 29.1 Å². The zero-order valence-corrected chi connectivity index (χ0v) is 14.1. The SMILES string of the molecule is C=C(Nc1c[nH]c2ncc(Br)c(N3CCCC3)c12)C(C)C. The number of halogens is 1. The molecule has 3 rings (SSSR count). The third-order valence-electron chi connectivity index (χ3n) is 4.04. The van der Waals surface area contributed by atoms with Gasteiger partial charge in [0.2, 0.25) is 0 Å². The van der Waals surface area contributed by atoms with Crippen LogP contribution < -0.4 is 10.2 Å². The maximum atomic E-state index is 4.49. The Kier molecular flexibility index (Phi) is 3.93. The fourth-order valence-electron chi connectivity index (χ4n) is 2.72. The highest BCUT2D eigenvalue weighted by Gasteiger charge is 2.21. The van der Waals surface area contributed by atoms with Gasteiger partial charge < -0.3 is 15.2 Å². The zero-order chi connectivity index (χ0) is 15.0. The number of allylic oxidation sites excluding steroid dienone is 1. The number of hydrogen-bond donors (Lipinski definition) is 2. The summed E-state index contributed by atoms with van der Waals surface area (Å²) in [5, 5.41) is 4.59. The lowest BCUT2D eigenvalue weighted by atomic mass is 10.1. The van der Waals surface area contributed by atoms with Crippen LogP contribution in [0.4, 0.5) is 11.4 Å². The van der Waals surface area contributed by atoms with E-state index >= 15 is 0 Å². The van der Waals surface area contributed by atoms with Gasteiger partial charge in [0.25, 0.3) is 0 Å². The van der Waals surface area contributed by atoms with Crippen molar-refractivity contribution in [1.82, 2.24) is 9.97 Å². The van der Waals surface area contributed by atoms with Crippen molar-refractivity contribution in [2.45, 2.75) is 26.7 Å². The molecule has 0 bridgehead atoms. The molecule has 1 saturated heterocycles. The Morgan fingerprint density at radius 3 is 2.81 bits per heavy atom. The Labute approximate surface area is 133 Å². The minimum atomic E-state index is 0.394. The molecule has 1 fully saturated rings. The van der Waals surface area contributed by atoms with E-state index in [2.05, 4.69) is 56.5 Å². The summed E-state index contributed by atoms with van der Waals surface area (Å²) < 4.78 is 1.05. The van der Waals surface area contributed by atoms with Gasteiger partial charge in [-0.05, 0) is 34.7 Å². The summed E-state index contributed by atoms with van der Waals surface area (Å²) in [6, 6.07) is 0. The molecule has 0 aromatic carbocycles. The van der Waals surface area contributed by atoms with Gasteiger partial charge >= 0.3 is 0 Å². The highest BCUT2D eigenvalue weighted by Crippen LogP contribution is 2.39. The predicted octanol–water partition coefficient (Wildman–Crippen LogP) is 4.51. The second kappa shape index (κ2) is 5.72. The van der Waals surface area contributed by atoms with Crippen molar-refractivity contribution in [3.63, 3.8) is 0 Å². The molecule has 4 nitrogen and oxygen atoms in total. The van der Waals surface area contributed by atoms with Crippen LogP contribution in [0.2, 0.25) is 0 Å². The van der Waals surface area contributed by atoms with Crippen molar-refractivity contribution in [2.24, 2.45) is 5.92 Å². The van der Waals surface area contributed by atoms with E-state index in [4.69, 9.17) is 0 Å². The van der Waals surface area contributed by atoms with Crippen LogP contribution in [0.25, 0.3) is 11.0 Å². The molecule has 5 heteroatoms. The average molecular weight is 349 g/mol. The number of fused-ring (bicyclic) bond motifs is 1. The molecule has 0 amide bonds. The van der Waals surface area contributed by atoms with E-state index in [-0.39, 0.29) is 0 Å². The molecule has 1 aliphatic rings. The quantitative estimate of drug-likeness (QED) is 0.854. The Balaban J connectivity index is 2.09. The average Bonchev–Trinajstić information content (AvgIpc) is 3.09. The first-order valence-corrected chi connectivity index (χ1v) is 8.23. The first-order chi connectivity index (χ1) is 10.1. The van der Waals surface area contributed by atoms with E-state index < -0.39 is 0 Å². The summed E-state index contributed by atoms with van der Waals surface area (Å²) in [6.45, 7) is 10.6. The fraction of sp³-hybridized carbons (Fsp3) is 0.438. The first kappa shape index (κ1) is 14.4. The van der Waals surface area contributed by atoms with Gasteiger partial charge in [-0.3, -0.25) is 0 Å². The van der Waals surface area contributed by atoms with E-state index in [0.717, 1.165) is 40.0 Å². The van der Waals surface area contributed by atoms with E-state index in [1.165, 1.54) is 18.5 Å². The summed E-state index contributed by atoms with van der Waals surface area (Å²) in [4.78, 5) is 10.2. The maximum Gasteiger partial charge on any atom is 0.141 e. The van der Waals surface area contributed by atoms with Gasteiger partial charge in [-0.25, -0.2) is 4.98 Å². The molecule has 0 spiro atoms. The minimum absolute atomic E-state index is 0.394. The van der Waals surface area contributed by atoms with Gasteiger partial charge in [0.1, 0.15) is 5.65 Å². The lowest BCUT2D eigenvalue weighted by Crippen LogP contribution is -2.18. The number of aromatic nitrogens is 2. The lowest BCUT2D eigenvalue weighted by molar-refractivity contribution is 0.779. The number of nitrogens with zero attached hydrogens (tertiary/aromatic N) is 2. The van der Waals surface area contributed by atoms with Crippen molar-refractivity contribution < 1.29 is 0 Å².